The SMILES string of the molecule is CCc1nc2c(cnn2CC)cc1CN. The van der Waals surface area contributed by atoms with Crippen molar-refractivity contribution >= 4 is 11.0 Å². The molecule has 4 nitrogen and oxygen atoms in total. The van der Waals surface area contributed by atoms with Crippen LogP contribution in [0.1, 0.15) is 25.1 Å². The van der Waals surface area contributed by atoms with Crippen molar-refractivity contribution in [3.63, 3.8) is 0 Å². The van der Waals surface area contributed by atoms with E-state index in [1.807, 2.05) is 10.9 Å². The van der Waals surface area contributed by atoms with Crippen molar-refractivity contribution in [1.82, 2.24) is 14.8 Å². The van der Waals surface area contributed by atoms with Crippen molar-refractivity contribution in [3.05, 3.63) is 23.5 Å². The first-order valence-corrected chi connectivity index (χ1v) is 5.34. The van der Waals surface area contributed by atoms with Crippen LogP contribution in [0.25, 0.3) is 11.0 Å². The van der Waals surface area contributed by atoms with Crippen LogP contribution < -0.4 is 5.73 Å². The molecule has 80 valence electrons. The molecule has 2 rings (SSSR count). The Morgan fingerprint density at radius 3 is 2.80 bits per heavy atom. The molecule has 0 aliphatic heterocycles. The highest BCUT2D eigenvalue weighted by molar-refractivity contribution is 5.75. The van der Waals surface area contributed by atoms with E-state index < -0.39 is 0 Å². The van der Waals surface area contributed by atoms with E-state index in [1.54, 1.807) is 0 Å². The molecule has 0 fully saturated rings. The highest BCUT2D eigenvalue weighted by Crippen LogP contribution is 2.16. The number of aromatic nitrogens is 3. The van der Waals surface area contributed by atoms with E-state index >= 15 is 0 Å². The summed E-state index contributed by atoms with van der Waals surface area (Å²) in [6, 6.07) is 2.10. The highest BCUT2D eigenvalue weighted by atomic mass is 15.3. The van der Waals surface area contributed by atoms with E-state index in [2.05, 4.69) is 30.0 Å². The Hall–Kier alpha value is -1.42. The van der Waals surface area contributed by atoms with Crippen LogP contribution in [-0.4, -0.2) is 14.8 Å². The average Bonchev–Trinajstić information content (AvgIpc) is 2.68. The number of aryl methyl sites for hydroxylation is 2. The van der Waals surface area contributed by atoms with Gasteiger partial charge in [0, 0.05) is 24.2 Å². The van der Waals surface area contributed by atoms with Gasteiger partial charge in [0.15, 0.2) is 5.65 Å². The topological polar surface area (TPSA) is 56.7 Å². The van der Waals surface area contributed by atoms with Crippen LogP contribution in [0.4, 0.5) is 0 Å². The lowest BCUT2D eigenvalue weighted by atomic mass is 10.1. The Morgan fingerprint density at radius 1 is 1.40 bits per heavy atom. The van der Waals surface area contributed by atoms with Crippen LogP contribution in [-0.2, 0) is 19.5 Å². The smallest absolute Gasteiger partial charge is 0.157 e. The van der Waals surface area contributed by atoms with E-state index in [1.165, 1.54) is 0 Å². The lowest BCUT2D eigenvalue weighted by Gasteiger charge is -2.05. The number of hydrogen-bond acceptors (Lipinski definition) is 3. The van der Waals surface area contributed by atoms with Gasteiger partial charge >= 0.3 is 0 Å². The molecule has 0 aliphatic carbocycles. The summed E-state index contributed by atoms with van der Waals surface area (Å²) in [6.07, 6.45) is 2.77. The van der Waals surface area contributed by atoms with Gasteiger partial charge in [-0.25, -0.2) is 9.67 Å². The van der Waals surface area contributed by atoms with Crippen LogP contribution in [0.15, 0.2) is 12.3 Å². The molecule has 0 aromatic carbocycles. The third-order valence-corrected chi connectivity index (χ3v) is 2.63. The lowest BCUT2D eigenvalue weighted by Crippen LogP contribution is -2.05. The summed E-state index contributed by atoms with van der Waals surface area (Å²) in [5.74, 6) is 0. The van der Waals surface area contributed by atoms with Gasteiger partial charge in [-0.15, -0.1) is 0 Å². The van der Waals surface area contributed by atoms with Crippen molar-refractivity contribution in [1.29, 1.82) is 0 Å². The summed E-state index contributed by atoms with van der Waals surface area (Å²) >= 11 is 0. The first-order chi connectivity index (χ1) is 7.30. The fourth-order valence-electron chi connectivity index (χ4n) is 1.80. The van der Waals surface area contributed by atoms with Gasteiger partial charge in [0.1, 0.15) is 0 Å². The number of rotatable bonds is 3. The van der Waals surface area contributed by atoms with Gasteiger partial charge in [-0.3, -0.25) is 0 Å². The molecule has 0 unspecified atom stereocenters. The standard InChI is InChI=1S/C11H16N4/c1-3-10-8(6-12)5-9-7-13-15(4-2)11(9)14-10/h5,7H,3-4,6,12H2,1-2H3. The van der Waals surface area contributed by atoms with Gasteiger partial charge in [-0.1, -0.05) is 6.92 Å². The zero-order valence-corrected chi connectivity index (χ0v) is 9.20. The number of hydrogen-bond donors (Lipinski definition) is 1. The van der Waals surface area contributed by atoms with Crippen LogP contribution in [0.5, 0.6) is 0 Å². The van der Waals surface area contributed by atoms with Crippen LogP contribution in [0.2, 0.25) is 0 Å². The second kappa shape index (κ2) is 3.98. The molecule has 0 radical (unpaired) electrons. The minimum atomic E-state index is 0.545. The molecule has 0 aliphatic rings. The summed E-state index contributed by atoms with van der Waals surface area (Å²) in [5.41, 5.74) is 8.86. The average molecular weight is 204 g/mol. The summed E-state index contributed by atoms with van der Waals surface area (Å²) in [5, 5.41) is 5.36. The Morgan fingerprint density at radius 2 is 2.20 bits per heavy atom. The van der Waals surface area contributed by atoms with Gasteiger partial charge in [-0.2, -0.15) is 5.10 Å². The van der Waals surface area contributed by atoms with Crippen molar-refractivity contribution in [3.8, 4) is 0 Å². The fraction of sp³-hybridized carbons (Fsp3) is 0.455. The van der Waals surface area contributed by atoms with Crippen molar-refractivity contribution < 1.29 is 0 Å². The molecule has 0 amide bonds. The maximum absolute atomic E-state index is 5.69. The summed E-state index contributed by atoms with van der Waals surface area (Å²) < 4.78 is 1.91. The van der Waals surface area contributed by atoms with Crippen molar-refractivity contribution in [2.24, 2.45) is 5.73 Å². The quantitative estimate of drug-likeness (QED) is 0.823. The zero-order valence-electron chi connectivity index (χ0n) is 9.20. The molecule has 2 N–H and O–H groups in total. The summed E-state index contributed by atoms with van der Waals surface area (Å²) in [4.78, 5) is 4.62. The minimum Gasteiger partial charge on any atom is -0.326 e. The number of nitrogens with two attached hydrogens (primary N) is 1. The Labute approximate surface area is 89.1 Å². The minimum absolute atomic E-state index is 0.545. The molecule has 0 bridgehead atoms. The monoisotopic (exact) mass is 204 g/mol. The van der Waals surface area contributed by atoms with Gasteiger partial charge in [0.25, 0.3) is 0 Å². The van der Waals surface area contributed by atoms with E-state index in [0.29, 0.717) is 6.54 Å². The van der Waals surface area contributed by atoms with Crippen molar-refractivity contribution in [2.75, 3.05) is 0 Å². The molecule has 0 saturated carbocycles. The highest BCUT2D eigenvalue weighted by Gasteiger charge is 2.07. The first kappa shape index (κ1) is 10.1. The maximum Gasteiger partial charge on any atom is 0.157 e. The van der Waals surface area contributed by atoms with Gasteiger partial charge < -0.3 is 5.73 Å². The molecule has 4 heteroatoms. The van der Waals surface area contributed by atoms with E-state index in [4.69, 9.17) is 5.73 Å². The van der Waals surface area contributed by atoms with Gasteiger partial charge in [-0.05, 0) is 25.0 Å². The molecule has 0 saturated heterocycles. The predicted molar refractivity (Wildman–Crippen MR) is 60.5 cm³/mol. The molecule has 2 aromatic heterocycles. The zero-order chi connectivity index (χ0) is 10.8. The number of fused-ring (bicyclic) bond motifs is 1. The number of nitrogens with zero attached hydrogens (tertiary/aromatic N) is 3. The largest absolute Gasteiger partial charge is 0.326 e. The van der Waals surface area contributed by atoms with Crippen LogP contribution >= 0.6 is 0 Å². The Balaban J connectivity index is 2.66. The Bertz CT molecular complexity index is 473. The van der Waals surface area contributed by atoms with Crippen LogP contribution in [0.3, 0.4) is 0 Å². The third kappa shape index (κ3) is 1.61. The second-order valence-corrected chi connectivity index (χ2v) is 3.53. The fourth-order valence-corrected chi connectivity index (χ4v) is 1.80. The lowest BCUT2D eigenvalue weighted by molar-refractivity contribution is 0.675. The number of pyridine rings is 1. The summed E-state index contributed by atoms with van der Waals surface area (Å²) in [7, 11) is 0. The van der Waals surface area contributed by atoms with Gasteiger partial charge in [0.05, 0.1) is 6.20 Å². The predicted octanol–water partition coefficient (Wildman–Crippen LogP) is 1.47. The van der Waals surface area contributed by atoms with Crippen LogP contribution in [0, 0.1) is 0 Å². The van der Waals surface area contributed by atoms with Crippen molar-refractivity contribution in [2.45, 2.75) is 33.4 Å². The first-order valence-electron chi connectivity index (χ1n) is 5.34. The van der Waals surface area contributed by atoms with E-state index in [-0.39, 0.29) is 0 Å². The maximum atomic E-state index is 5.69. The van der Waals surface area contributed by atoms with E-state index in [9.17, 15) is 0 Å². The molecular formula is C11H16N4. The normalized spacial score (nSPS) is 11.1. The molecule has 2 aromatic rings. The molecule has 2 heterocycles. The third-order valence-electron chi connectivity index (χ3n) is 2.63. The molecule has 0 spiro atoms. The molecule has 15 heavy (non-hydrogen) atoms. The van der Waals surface area contributed by atoms with E-state index in [0.717, 1.165) is 35.3 Å². The Kier molecular flexibility index (Phi) is 2.68. The second-order valence-electron chi connectivity index (χ2n) is 3.53. The molecule has 0 atom stereocenters. The van der Waals surface area contributed by atoms with Gasteiger partial charge in [0.2, 0.25) is 0 Å². The molecular weight excluding hydrogens is 188 g/mol. The summed E-state index contributed by atoms with van der Waals surface area (Å²) in [6.45, 7) is 5.56.